The summed E-state index contributed by atoms with van der Waals surface area (Å²) in [7, 11) is 2.04. The molecule has 0 saturated carbocycles. The Morgan fingerprint density at radius 2 is 2.25 bits per heavy atom. The maximum Gasteiger partial charge on any atom is 0.0312 e. The molecule has 88 valence electrons. The predicted molar refractivity (Wildman–Crippen MR) is 66.2 cm³/mol. The highest BCUT2D eigenvalue weighted by atomic mass is 15.1. The van der Waals surface area contributed by atoms with Gasteiger partial charge < -0.3 is 5.32 Å². The van der Waals surface area contributed by atoms with Gasteiger partial charge in [-0.15, -0.1) is 0 Å². The van der Waals surface area contributed by atoms with Crippen LogP contribution in [0.25, 0.3) is 0 Å². The van der Waals surface area contributed by atoms with Crippen LogP contribution in [-0.2, 0) is 6.54 Å². The summed E-state index contributed by atoms with van der Waals surface area (Å²) in [5, 5.41) is 3.27. The average Bonchev–Trinajstić information content (AvgIpc) is 2.33. The van der Waals surface area contributed by atoms with E-state index in [1.54, 1.807) is 0 Å². The van der Waals surface area contributed by atoms with Crippen molar-refractivity contribution in [2.75, 3.05) is 26.7 Å². The normalized spacial score (nSPS) is 18.8. The van der Waals surface area contributed by atoms with Crippen LogP contribution in [0.15, 0.2) is 24.5 Å². The molecule has 3 nitrogen and oxygen atoms in total. The van der Waals surface area contributed by atoms with Gasteiger partial charge in [0, 0.05) is 18.9 Å². The third-order valence-electron chi connectivity index (χ3n) is 3.33. The van der Waals surface area contributed by atoms with Crippen molar-refractivity contribution in [2.45, 2.75) is 19.4 Å². The van der Waals surface area contributed by atoms with Gasteiger partial charge in [-0.3, -0.25) is 9.88 Å². The van der Waals surface area contributed by atoms with Crippen molar-refractivity contribution in [1.29, 1.82) is 0 Å². The lowest BCUT2D eigenvalue weighted by Gasteiger charge is -2.31. The standard InChI is InChI=1S/C13H21N3/c1-14-9-12-4-7-16(8-5-12)11-13-3-2-6-15-10-13/h2-3,6,10,12,14H,4-5,7-9,11H2,1H3. The third kappa shape index (κ3) is 3.29. The summed E-state index contributed by atoms with van der Waals surface area (Å²) in [5.74, 6) is 0.871. The van der Waals surface area contributed by atoms with E-state index in [2.05, 4.69) is 21.3 Å². The van der Waals surface area contributed by atoms with Gasteiger partial charge in [-0.05, 0) is 57.1 Å². The highest BCUT2D eigenvalue weighted by molar-refractivity contribution is 5.08. The zero-order chi connectivity index (χ0) is 11.2. The summed E-state index contributed by atoms with van der Waals surface area (Å²) in [6.45, 7) is 4.67. The lowest BCUT2D eigenvalue weighted by molar-refractivity contribution is 0.176. The number of hydrogen-bond acceptors (Lipinski definition) is 3. The van der Waals surface area contributed by atoms with E-state index in [4.69, 9.17) is 0 Å². The molecule has 0 amide bonds. The van der Waals surface area contributed by atoms with Gasteiger partial charge in [0.2, 0.25) is 0 Å². The molecule has 2 rings (SSSR count). The van der Waals surface area contributed by atoms with Gasteiger partial charge in [-0.25, -0.2) is 0 Å². The van der Waals surface area contributed by atoms with E-state index >= 15 is 0 Å². The number of hydrogen-bond donors (Lipinski definition) is 1. The Morgan fingerprint density at radius 3 is 2.88 bits per heavy atom. The molecule has 1 N–H and O–H groups in total. The molecule has 2 heterocycles. The van der Waals surface area contributed by atoms with E-state index in [-0.39, 0.29) is 0 Å². The first-order valence-corrected chi connectivity index (χ1v) is 6.14. The van der Waals surface area contributed by atoms with Gasteiger partial charge in [0.1, 0.15) is 0 Å². The van der Waals surface area contributed by atoms with Gasteiger partial charge >= 0.3 is 0 Å². The lowest BCUT2D eigenvalue weighted by Crippen LogP contribution is -2.36. The number of piperidine rings is 1. The molecule has 0 unspecified atom stereocenters. The van der Waals surface area contributed by atoms with E-state index in [1.165, 1.54) is 38.0 Å². The van der Waals surface area contributed by atoms with Crippen molar-refractivity contribution < 1.29 is 0 Å². The van der Waals surface area contributed by atoms with Crippen LogP contribution in [-0.4, -0.2) is 36.6 Å². The topological polar surface area (TPSA) is 28.2 Å². The summed E-state index contributed by atoms with van der Waals surface area (Å²) in [4.78, 5) is 6.69. The van der Waals surface area contributed by atoms with E-state index < -0.39 is 0 Å². The molecule has 1 fully saturated rings. The minimum atomic E-state index is 0.871. The smallest absolute Gasteiger partial charge is 0.0312 e. The van der Waals surface area contributed by atoms with Gasteiger partial charge in [-0.1, -0.05) is 6.07 Å². The van der Waals surface area contributed by atoms with Crippen LogP contribution in [0.1, 0.15) is 18.4 Å². The number of nitrogens with one attached hydrogen (secondary N) is 1. The Balaban J connectivity index is 1.77. The van der Waals surface area contributed by atoms with Crippen LogP contribution < -0.4 is 5.32 Å². The van der Waals surface area contributed by atoms with Crippen LogP contribution in [0.4, 0.5) is 0 Å². The Kier molecular flexibility index (Phi) is 4.31. The fourth-order valence-corrected chi connectivity index (χ4v) is 2.39. The second-order valence-corrected chi connectivity index (χ2v) is 4.64. The zero-order valence-electron chi connectivity index (χ0n) is 10.0. The molecule has 1 saturated heterocycles. The number of rotatable bonds is 4. The maximum absolute atomic E-state index is 4.16. The SMILES string of the molecule is CNCC1CCN(Cc2cccnc2)CC1. The van der Waals surface area contributed by atoms with Crippen molar-refractivity contribution in [3.63, 3.8) is 0 Å². The Hall–Kier alpha value is -0.930. The predicted octanol–water partition coefficient (Wildman–Crippen LogP) is 1.51. The summed E-state index contributed by atoms with van der Waals surface area (Å²) < 4.78 is 0. The van der Waals surface area contributed by atoms with Crippen LogP contribution in [0.5, 0.6) is 0 Å². The van der Waals surface area contributed by atoms with Gasteiger partial charge in [-0.2, -0.15) is 0 Å². The summed E-state index contributed by atoms with van der Waals surface area (Å²) >= 11 is 0. The van der Waals surface area contributed by atoms with Gasteiger partial charge in [0.25, 0.3) is 0 Å². The molecule has 0 spiro atoms. The van der Waals surface area contributed by atoms with E-state index in [9.17, 15) is 0 Å². The molecular formula is C13H21N3. The van der Waals surface area contributed by atoms with E-state index in [1.807, 2.05) is 25.5 Å². The minimum Gasteiger partial charge on any atom is -0.319 e. The van der Waals surface area contributed by atoms with Crippen molar-refractivity contribution >= 4 is 0 Å². The molecule has 0 atom stereocenters. The largest absolute Gasteiger partial charge is 0.319 e. The number of aromatic nitrogens is 1. The molecule has 3 heteroatoms. The van der Waals surface area contributed by atoms with Gasteiger partial charge in [0.05, 0.1) is 0 Å². The van der Waals surface area contributed by atoms with Crippen molar-refractivity contribution in [3.05, 3.63) is 30.1 Å². The van der Waals surface area contributed by atoms with Gasteiger partial charge in [0.15, 0.2) is 0 Å². The molecule has 16 heavy (non-hydrogen) atoms. The second kappa shape index (κ2) is 5.97. The Bertz CT molecular complexity index is 291. The first-order valence-electron chi connectivity index (χ1n) is 6.14. The number of nitrogens with zero attached hydrogens (tertiary/aromatic N) is 2. The Labute approximate surface area is 97.9 Å². The van der Waals surface area contributed by atoms with Crippen LogP contribution in [0.2, 0.25) is 0 Å². The number of pyridine rings is 1. The lowest BCUT2D eigenvalue weighted by atomic mass is 9.96. The van der Waals surface area contributed by atoms with E-state index in [0.29, 0.717) is 0 Å². The molecule has 0 radical (unpaired) electrons. The summed E-state index contributed by atoms with van der Waals surface area (Å²) in [6, 6.07) is 4.18. The maximum atomic E-state index is 4.16. The Morgan fingerprint density at radius 1 is 1.44 bits per heavy atom. The third-order valence-corrected chi connectivity index (χ3v) is 3.33. The summed E-state index contributed by atoms with van der Waals surface area (Å²) in [6.07, 6.45) is 6.45. The molecule has 0 aliphatic carbocycles. The first kappa shape index (κ1) is 11.6. The molecule has 0 bridgehead atoms. The first-order chi connectivity index (χ1) is 7.88. The molecule has 1 aliphatic heterocycles. The summed E-state index contributed by atoms with van der Waals surface area (Å²) in [5.41, 5.74) is 1.33. The zero-order valence-corrected chi connectivity index (χ0v) is 10.0. The second-order valence-electron chi connectivity index (χ2n) is 4.64. The minimum absolute atomic E-state index is 0.871. The monoisotopic (exact) mass is 219 g/mol. The van der Waals surface area contributed by atoms with E-state index in [0.717, 1.165) is 12.5 Å². The number of likely N-dealkylation sites (tertiary alicyclic amines) is 1. The van der Waals surface area contributed by atoms with Crippen molar-refractivity contribution in [1.82, 2.24) is 15.2 Å². The van der Waals surface area contributed by atoms with Crippen LogP contribution in [0.3, 0.4) is 0 Å². The molecule has 1 aliphatic rings. The van der Waals surface area contributed by atoms with Crippen LogP contribution in [0, 0.1) is 5.92 Å². The highest BCUT2D eigenvalue weighted by Crippen LogP contribution is 2.17. The van der Waals surface area contributed by atoms with Crippen LogP contribution >= 0.6 is 0 Å². The molecule has 1 aromatic rings. The average molecular weight is 219 g/mol. The fraction of sp³-hybridized carbons (Fsp3) is 0.615. The van der Waals surface area contributed by atoms with Crippen molar-refractivity contribution in [2.24, 2.45) is 5.92 Å². The fourth-order valence-electron chi connectivity index (χ4n) is 2.39. The molecule has 1 aromatic heterocycles. The molecule has 0 aromatic carbocycles. The highest BCUT2D eigenvalue weighted by Gasteiger charge is 2.18. The quantitative estimate of drug-likeness (QED) is 0.832. The molecular weight excluding hydrogens is 198 g/mol. The van der Waals surface area contributed by atoms with Crippen molar-refractivity contribution in [3.8, 4) is 0 Å².